The van der Waals surface area contributed by atoms with Crippen molar-refractivity contribution in [1.82, 2.24) is 5.32 Å². The maximum absolute atomic E-state index is 12.6. The van der Waals surface area contributed by atoms with E-state index in [2.05, 4.69) is 10.6 Å². The minimum atomic E-state index is -1.06. The normalized spacial score (nSPS) is 12.8. The smallest absolute Gasteiger partial charge is 0.329 e. The lowest BCUT2D eigenvalue weighted by molar-refractivity contribution is -0.156. The third-order valence-electron chi connectivity index (χ3n) is 4.39. The van der Waals surface area contributed by atoms with Crippen molar-refractivity contribution < 1.29 is 19.1 Å². The summed E-state index contributed by atoms with van der Waals surface area (Å²) in [4.78, 5) is 37.5. The van der Waals surface area contributed by atoms with Crippen molar-refractivity contribution in [2.24, 2.45) is 5.92 Å². The van der Waals surface area contributed by atoms with Gasteiger partial charge >= 0.3 is 5.97 Å². The van der Waals surface area contributed by atoms with Gasteiger partial charge in [0.2, 0.25) is 0 Å². The van der Waals surface area contributed by atoms with Crippen LogP contribution in [-0.2, 0) is 14.3 Å². The van der Waals surface area contributed by atoms with Crippen LogP contribution in [0.5, 0.6) is 0 Å². The van der Waals surface area contributed by atoms with Crippen LogP contribution in [0.15, 0.2) is 48.5 Å². The number of para-hydroxylation sites is 1. The second-order valence-electron chi connectivity index (χ2n) is 7.06. The summed E-state index contributed by atoms with van der Waals surface area (Å²) in [6.07, 6.45) is -1.06. The largest absolute Gasteiger partial charge is 0.451 e. The molecule has 0 radical (unpaired) electrons. The number of carbonyl (C=O) groups is 3. The summed E-state index contributed by atoms with van der Waals surface area (Å²) >= 11 is 6.03. The summed E-state index contributed by atoms with van der Waals surface area (Å²) in [7, 11) is 0. The second kappa shape index (κ2) is 10.1. The lowest BCUT2D eigenvalue weighted by atomic mass is 10.0. The molecule has 0 aliphatic rings. The van der Waals surface area contributed by atoms with Gasteiger partial charge < -0.3 is 15.4 Å². The highest BCUT2D eigenvalue weighted by molar-refractivity contribution is 6.33. The first kappa shape index (κ1) is 22.4. The number of hydrogen-bond donors (Lipinski definition) is 2. The fourth-order valence-electron chi connectivity index (χ4n) is 2.64. The van der Waals surface area contributed by atoms with E-state index in [1.54, 1.807) is 50.2 Å². The molecule has 0 aromatic heterocycles. The predicted molar refractivity (Wildman–Crippen MR) is 113 cm³/mol. The first-order chi connectivity index (χ1) is 13.7. The van der Waals surface area contributed by atoms with Gasteiger partial charge in [0, 0.05) is 5.56 Å². The summed E-state index contributed by atoms with van der Waals surface area (Å²) in [5, 5.41) is 5.71. The highest BCUT2D eigenvalue weighted by atomic mass is 35.5. The third kappa shape index (κ3) is 6.06. The topological polar surface area (TPSA) is 84.5 Å². The number of benzene rings is 2. The van der Waals surface area contributed by atoms with Gasteiger partial charge in [-0.25, -0.2) is 4.79 Å². The molecule has 0 spiro atoms. The Morgan fingerprint density at radius 2 is 1.59 bits per heavy atom. The Morgan fingerprint density at radius 1 is 0.966 bits per heavy atom. The molecule has 154 valence electrons. The van der Waals surface area contributed by atoms with Crippen molar-refractivity contribution in [3.63, 3.8) is 0 Å². The van der Waals surface area contributed by atoms with Gasteiger partial charge in [-0.05, 0) is 43.5 Å². The van der Waals surface area contributed by atoms with Gasteiger partial charge in [0.15, 0.2) is 6.10 Å². The van der Waals surface area contributed by atoms with Crippen molar-refractivity contribution in [2.45, 2.75) is 39.8 Å². The molecule has 0 bridgehead atoms. The molecule has 2 amide bonds. The standard InChI is InChI=1S/C22H25ClN2O4/c1-13(2)19(25-21(27)16-10-6-5-9-14(16)3)22(28)29-15(4)20(26)24-18-12-8-7-11-17(18)23/h5-13,15,19H,1-4H3,(H,24,26)(H,25,27)/t15-,19+/m1/s1. The van der Waals surface area contributed by atoms with Crippen molar-refractivity contribution in [3.8, 4) is 0 Å². The summed E-state index contributed by atoms with van der Waals surface area (Å²) < 4.78 is 5.31. The maximum atomic E-state index is 12.6. The van der Waals surface area contributed by atoms with Gasteiger partial charge in [-0.3, -0.25) is 9.59 Å². The molecule has 0 saturated heterocycles. The minimum absolute atomic E-state index is 0.228. The number of halogens is 1. The fourth-order valence-corrected chi connectivity index (χ4v) is 2.83. The number of esters is 1. The number of aryl methyl sites for hydroxylation is 1. The van der Waals surface area contributed by atoms with Crippen LogP contribution in [0.25, 0.3) is 0 Å². The van der Waals surface area contributed by atoms with Gasteiger partial charge in [0.1, 0.15) is 6.04 Å². The molecule has 2 aromatic rings. The van der Waals surface area contributed by atoms with E-state index in [9.17, 15) is 14.4 Å². The number of carbonyl (C=O) groups excluding carboxylic acids is 3. The van der Waals surface area contributed by atoms with Crippen molar-refractivity contribution in [3.05, 3.63) is 64.7 Å². The van der Waals surface area contributed by atoms with Crippen molar-refractivity contribution >= 4 is 35.1 Å². The van der Waals surface area contributed by atoms with Crippen molar-refractivity contribution in [1.29, 1.82) is 0 Å². The fraction of sp³-hybridized carbons (Fsp3) is 0.318. The van der Waals surface area contributed by atoms with E-state index in [-0.39, 0.29) is 11.8 Å². The summed E-state index contributed by atoms with van der Waals surface area (Å²) in [5.41, 5.74) is 1.71. The van der Waals surface area contributed by atoms with Crippen LogP contribution in [0.3, 0.4) is 0 Å². The Balaban J connectivity index is 2.03. The quantitative estimate of drug-likeness (QED) is 0.669. The van der Waals surface area contributed by atoms with E-state index in [4.69, 9.17) is 16.3 Å². The molecule has 0 aliphatic heterocycles. The van der Waals surface area contributed by atoms with Crippen LogP contribution >= 0.6 is 11.6 Å². The van der Waals surface area contributed by atoms with Crippen LogP contribution in [0.4, 0.5) is 5.69 Å². The zero-order valence-corrected chi connectivity index (χ0v) is 17.6. The van der Waals surface area contributed by atoms with Crippen LogP contribution in [0.2, 0.25) is 5.02 Å². The molecule has 0 fully saturated rings. The Morgan fingerprint density at radius 3 is 2.21 bits per heavy atom. The summed E-state index contributed by atoms with van der Waals surface area (Å²) in [6.45, 7) is 6.86. The second-order valence-corrected chi connectivity index (χ2v) is 7.47. The Kier molecular flexibility index (Phi) is 7.79. The van der Waals surface area contributed by atoms with Crippen molar-refractivity contribution in [2.75, 3.05) is 5.32 Å². The Bertz CT molecular complexity index is 898. The maximum Gasteiger partial charge on any atom is 0.329 e. The molecular formula is C22H25ClN2O4. The molecular weight excluding hydrogens is 392 g/mol. The van der Waals surface area contributed by atoms with Gasteiger partial charge in [-0.15, -0.1) is 0 Å². The highest BCUT2D eigenvalue weighted by Crippen LogP contribution is 2.21. The molecule has 2 atom stereocenters. The summed E-state index contributed by atoms with van der Waals surface area (Å²) in [6, 6.07) is 13.0. The molecule has 2 N–H and O–H groups in total. The van der Waals surface area contributed by atoms with E-state index >= 15 is 0 Å². The first-order valence-electron chi connectivity index (χ1n) is 9.33. The molecule has 2 rings (SSSR count). The average Bonchev–Trinajstić information content (AvgIpc) is 2.67. The molecule has 0 unspecified atom stereocenters. The minimum Gasteiger partial charge on any atom is -0.451 e. The third-order valence-corrected chi connectivity index (χ3v) is 4.72. The van der Waals surface area contributed by atoms with E-state index in [1.807, 2.05) is 19.1 Å². The number of amides is 2. The zero-order chi connectivity index (χ0) is 21.6. The number of anilines is 1. The lowest BCUT2D eigenvalue weighted by Crippen LogP contribution is -2.47. The van der Waals surface area contributed by atoms with Crippen LogP contribution in [0.1, 0.15) is 36.7 Å². The molecule has 2 aromatic carbocycles. The molecule has 7 heteroatoms. The number of rotatable bonds is 7. The van der Waals surface area contributed by atoms with E-state index in [0.717, 1.165) is 5.56 Å². The van der Waals surface area contributed by atoms with Crippen LogP contribution in [0, 0.1) is 12.8 Å². The van der Waals surface area contributed by atoms with E-state index < -0.39 is 24.0 Å². The van der Waals surface area contributed by atoms with Gasteiger partial charge in [0.05, 0.1) is 10.7 Å². The highest BCUT2D eigenvalue weighted by Gasteiger charge is 2.29. The Hall–Kier alpha value is -2.86. The molecule has 0 saturated carbocycles. The van der Waals surface area contributed by atoms with Gasteiger partial charge in [-0.2, -0.15) is 0 Å². The monoisotopic (exact) mass is 416 g/mol. The Labute approximate surface area is 175 Å². The number of ether oxygens (including phenoxy) is 1. The zero-order valence-electron chi connectivity index (χ0n) is 16.9. The lowest BCUT2D eigenvalue weighted by Gasteiger charge is -2.23. The number of hydrogen-bond acceptors (Lipinski definition) is 4. The van der Waals surface area contributed by atoms with E-state index in [1.165, 1.54) is 6.92 Å². The summed E-state index contributed by atoms with van der Waals surface area (Å²) in [5.74, 6) is -1.79. The molecule has 6 nitrogen and oxygen atoms in total. The molecule has 0 aliphatic carbocycles. The van der Waals surface area contributed by atoms with Crippen LogP contribution < -0.4 is 10.6 Å². The van der Waals surface area contributed by atoms with Crippen LogP contribution in [-0.4, -0.2) is 29.9 Å². The number of nitrogens with one attached hydrogen (secondary N) is 2. The molecule has 29 heavy (non-hydrogen) atoms. The predicted octanol–water partition coefficient (Wildman–Crippen LogP) is 3.97. The van der Waals surface area contributed by atoms with Gasteiger partial charge in [0.25, 0.3) is 11.8 Å². The first-order valence-corrected chi connectivity index (χ1v) is 9.71. The molecule has 0 heterocycles. The van der Waals surface area contributed by atoms with E-state index in [0.29, 0.717) is 16.3 Å². The SMILES string of the molecule is Cc1ccccc1C(=O)N[C@H](C(=O)O[C@H](C)C(=O)Nc1ccccc1Cl)C(C)C. The van der Waals surface area contributed by atoms with Gasteiger partial charge in [-0.1, -0.05) is 55.8 Å². The average molecular weight is 417 g/mol.